The van der Waals surface area contributed by atoms with Gasteiger partial charge in [0.2, 0.25) is 5.91 Å². The molecule has 1 amide bonds. The van der Waals surface area contributed by atoms with Crippen LogP contribution >= 0.6 is 12.4 Å². The summed E-state index contributed by atoms with van der Waals surface area (Å²) in [4.78, 5) is 11.7. The molecule has 19 heavy (non-hydrogen) atoms. The minimum absolute atomic E-state index is 0. The molecule has 1 aromatic rings. The maximum atomic E-state index is 12.0. The molecule has 7 heteroatoms. The second-order valence-corrected chi connectivity index (χ2v) is 4.17. The molecule has 0 aromatic heterocycles. The Labute approximate surface area is 116 Å². The minimum Gasteiger partial charge on any atom is -0.435 e. The fourth-order valence-corrected chi connectivity index (χ4v) is 1.28. The molecular weight excluding hydrogens is 278 g/mol. The summed E-state index contributed by atoms with van der Waals surface area (Å²) >= 11 is 0. The van der Waals surface area contributed by atoms with Crippen LogP contribution in [0.25, 0.3) is 0 Å². The highest BCUT2D eigenvalue weighted by atomic mass is 35.5. The Morgan fingerprint density at radius 3 is 2.53 bits per heavy atom. The molecule has 0 aliphatic rings. The molecule has 1 rings (SSSR count). The number of rotatable bonds is 5. The third kappa shape index (κ3) is 5.85. The van der Waals surface area contributed by atoms with Gasteiger partial charge >= 0.3 is 6.61 Å². The van der Waals surface area contributed by atoms with E-state index in [1.807, 2.05) is 13.8 Å². The van der Waals surface area contributed by atoms with E-state index in [1.54, 1.807) is 6.07 Å². The molecule has 1 atom stereocenters. The van der Waals surface area contributed by atoms with Gasteiger partial charge in [-0.15, -0.1) is 12.4 Å². The zero-order valence-electron chi connectivity index (χ0n) is 10.6. The molecule has 0 spiro atoms. The average molecular weight is 295 g/mol. The number of hydrogen-bond acceptors (Lipinski definition) is 3. The van der Waals surface area contributed by atoms with E-state index in [0.717, 1.165) is 0 Å². The molecule has 0 bridgehead atoms. The molecule has 0 radical (unpaired) electrons. The van der Waals surface area contributed by atoms with Crippen molar-refractivity contribution in [2.75, 3.05) is 5.32 Å². The maximum Gasteiger partial charge on any atom is 0.387 e. The molecule has 0 saturated carbocycles. The van der Waals surface area contributed by atoms with Crippen LogP contribution in [0.2, 0.25) is 0 Å². The van der Waals surface area contributed by atoms with E-state index in [9.17, 15) is 13.6 Å². The number of alkyl halides is 2. The number of hydrogen-bond donors (Lipinski definition) is 2. The van der Waals surface area contributed by atoms with Crippen LogP contribution in [0.3, 0.4) is 0 Å². The second kappa shape index (κ2) is 7.91. The van der Waals surface area contributed by atoms with Gasteiger partial charge in [0.1, 0.15) is 5.75 Å². The first-order valence-corrected chi connectivity index (χ1v) is 5.51. The van der Waals surface area contributed by atoms with Crippen LogP contribution < -0.4 is 15.8 Å². The van der Waals surface area contributed by atoms with Crippen LogP contribution in [0.15, 0.2) is 24.3 Å². The zero-order chi connectivity index (χ0) is 13.7. The molecule has 0 saturated heterocycles. The quantitative estimate of drug-likeness (QED) is 0.877. The molecule has 0 aliphatic carbocycles. The number of anilines is 1. The SMILES string of the molecule is CC(C)C(N)C(=O)Nc1cccc(OC(F)F)c1.Cl. The first-order chi connectivity index (χ1) is 8.40. The van der Waals surface area contributed by atoms with Crippen LogP contribution in [0.4, 0.5) is 14.5 Å². The highest BCUT2D eigenvalue weighted by Gasteiger charge is 2.17. The van der Waals surface area contributed by atoms with Crippen molar-refractivity contribution in [3.05, 3.63) is 24.3 Å². The summed E-state index contributed by atoms with van der Waals surface area (Å²) in [6.45, 7) is 0.745. The Morgan fingerprint density at radius 1 is 1.37 bits per heavy atom. The fourth-order valence-electron chi connectivity index (χ4n) is 1.28. The highest BCUT2D eigenvalue weighted by molar-refractivity contribution is 5.94. The summed E-state index contributed by atoms with van der Waals surface area (Å²) < 4.78 is 28.3. The van der Waals surface area contributed by atoms with Gasteiger partial charge in [-0.05, 0) is 18.1 Å². The van der Waals surface area contributed by atoms with Crippen LogP contribution in [-0.2, 0) is 4.79 Å². The summed E-state index contributed by atoms with van der Waals surface area (Å²) in [5.41, 5.74) is 6.03. The van der Waals surface area contributed by atoms with Crippen molar-refractivity contribution >= 4 is 24.0 Å². The standard InChI is InChI=1S/C12H16F2N2O2.ClH/c1-7(2)10(15)11(17)16-8-4-3-5-9(6-8)18-12(13)14;/h3-7,10,12H,15H2,1-2H3,(H,16,17);1H. The largest absolute Gasteiger partial charge is 0.435 e. The van der Waals surface area contributed by atoms with Crippen LogP contribution in [0.1, 0.15) is 13.8 Å². The number of carbonyl (C=O) groups excluding carboxylic acids is 1. The molecule has 3 N–H and O–H groups in total. The molecule has 0 aliphatic heterocycles. The van der Waals surface area contributed by atoms with Gasteiger partial charge in [-0.3, -0.25) is 4.79 Å². The number of amides is 1. The Hall–Kier alpha value is -1.40. The van der Waals surface area contributed by atoms with Crippen LogP contribution in [0, 0.1) is 5.92 Å². The number of ether oxygens (including phenoxy) is 1. The molecule has 4 nitrogen and oxygen atoms in total. The van der Waals surface area contributed by atoms with Gasteiger partial charge in [0.15, 0.2) is 0 Å². The molecular formula is C12H17ClF2N2O2. The van der Waals surface area contributed by atoms with Crippen molar-refractivity contribution in [2.45, 2.75) is 26.5 Å². The Morgan fingerprint density at radius 2 is 2.00 bits per heavy atom. The van der Waals surface area contributed by atoms with Crippen molar-refractivity contribution < 1.29 is 18.3 Å². The van der Waals surface area contributed by atoms with Gasteiger partial charge in [-0.1, -0.05) is 19.9 Å². The van der Waals surface area contributed by atoms with Crippen LogP contribution in [0.5, 0.6) is 5.75 Å². The first kappa shape index (κ1) is 17.6. The predicted molar refractivity (Wildman–Crippen MR) is 71.8 cm³/mol. The van der Waals surface area contributed by atoms with E-state index < -0.39 is 12.7 Å². The van der Waals surface area contributed by atoms with E-state index in [-0.39, 0.29) is 30.0 Å². The lowest BCUT2D eigenvalue weighted by atomic mass is 10.0. The van der Waals surface area contributed by atoms with Crippen molar-refractivity contribution in [1.82, 2.24) is 0 Å². The smallest absolute Gasteiger partial charge is 0.387 e. The third-order valence-electron chi connectivity index (χ3n) is 2.35. The average Bonchev–Trinajstić information content (AvgIpc) is 2.27. The number of benzene rings is 1. The summed E-state index contributed by atoms with van der Waals surface area (Å²) in [6.07, 6.45) is 0. The van der Waals surface area contributed by atoms with E-state index in [0.29, 0.717) is 5.69 Å². The topological polar surface area (TPSA) is 64.4 Å². The van der Waals surface area contributed by atoms with Gasteiger partial charge in [0.25, 0.3) is 0 Å². The predicted octanol–water partition coefficient (Wildman–Crippen LogP) is 2.63. The first-order valence-electron chi connectivity index (χ1n) is 5.51. The van der Waals surface area contributed by atoms with E-state index in [2.05, 4.69) is 10.1 Å². The van der Waals surface area contributed by atoms with E-state index in [1.165, 1.54) is 18.2 Å². The van der Waals surface area contributed by atoms with Crippen molar-refractivity contribution in [3.8, 4) is 5.75 Å². The van der Waals surface area contributed by atoms with Gasteiger partial charge in [0, 0.05) is 11.8 Å². The van der Waals surface area contributed by atoms with Crippen molar-refractivity contribution in [3.63, 3.8) is 0 Å². The minimum atomic E-state index is -2.89. The molecule has 0 heterocycles. The molecule has 1 unspecified atom stereocenters. The number of nitrogens with one attached hydrogen (secondary N) is 1. The van der Waals surface area contributed by atoms with Crippen LogP contribution in [-0.4, -0.2) is 18.6 Å². The number of halogens is 3. The Kier molecular flexibility index (Phi) is 7.33. The zero-order valence-corrected chi connectivity index (χ0v) is 11.4. The van der Waals surface area contributed by atoms with E-state index >= 15 is 0 Å². The van der Waals surface area contributed by atoms with Gasteiger partial charge < -0.3 is 15.8 Å². The Balaban J connectivity index is 0.00000324. The summed E-state index contributed by atoms with van der Waals surface area (Å²) in [7, 11) is 0. The molecule has 1 aromatic carbocycles. The normalized spacial score (nSPS) is 11.9. The highest BCUT2D eigenvalue weighted by Crippen LogP contribution is 2.19. The Bertz CT molecular complexity index is 416. The van der Waals surface area contributed by atoms with Crippen molar-refractivity contribution in [2.24, 2.45) is 11.7 Å². The molecule has 108 valence electrons. The summed E-state index contributed by atoms with van der Waals surface area (Å²) in [5.74, 6) is -0.384. The van der Waals surface area contributed by atoms with Gasteiger partial charge in [0.05, 0.1) is 6.04 Å². The lowest BCUT2D eigenvalue weighted by Gasteiger charge is -2.15. The fraction of sp³-hybridized carbons (Fsp3) is 0.417. The van der Waals surface area contributed by atoms with Crippen molar-refractivity contribution in [1.29, 1.82) is 0 Å². The lowest BCUT2D eigenvalue weighted by Crippen LogP contribution is -2.39. The lowest BCUT2D eigenvalue weighted by molar-refractivity contribution is -0.118. The van der Waals surface area contributed by atoms with E-state index in [4.69, 9.17) is 5.73 Å². The molecule has 0 fully saturated rings. The van der Waals surface area contributed by atoms with Gasteiger partial charge in [-0.2, -0.15) is 8.78 Å². The number of carbonyl (C=O) groups is 1. The number of nitrogens with two attached hydrogens (primary N) is 1. The third-order valence-corrected chi connectivity index (χ3v) is 2.35. The summed E-state index contributed by atoms with van der Waals surface area (Å²) in [5, 5.41) is 2.55. The van der Waals surface area contributed by atoms with Gasteiger partial charge in [-0.25, -0.2) is 0 Å². The summed E-state index contributed by atoms with van der Waals surface area (Å²) in [6, 6.07) is 5.13. The monoisotopic (exact) mass is 294 g/mol. The second-order valence-electron chi connectivity index (χ2n) is 4.17. The maximum absolute atomic E-state index is 12.0.